The maximum Gasteiger partial charge on any atom is 0.389 e. The van der Waals surface area contributed by atoms with Crippen LogP contribution in [0.25, 0.3) is 11.0 Å². The number of halogens is 3. The van der Waals surface area contributed by atoms with Crippen LogP contribution in [0.3, 0.4) is 0 Å². The zero-order chi connectivity index (χ0) is 22.1. The summed E-state index contributed by atoms with van der Waals surface area (Å²) in [5.41, 5.74) is 0.530. The molecule has 0 bridgehead atoms. The van der Waals surface area contributed by atoms with Gasteiger partial charge in [-0.1, -0.05) is 24.6 Å². The largest absolute Gasteiger partial charge is 0.451 e. The number of amides is 3. The summed E-state index contributed by atoms with van der Waals surface area (Å²) in [5, 5.41) is 15.2. The molecule has 0 spiro atoms. The molecule has 0 aliphatic rings. The lowest BCUT2D eigenvalue weighted by molar-refractivity contribution is -0.154. The number of nitrogens with zero attached hydrogens (tertiary/aromatic N) is 1. The van der Waals surface area contributed by atoms with Crippen molar-refractivity contribution in [3.05, 3.63) is 36.1 Å². The Morgan fingerprint density at radius 3 is 2.60 bits per heavy atom. The minimum absolute atomic E-state index is 0.0321. The molecule has 1 aromatic heterocycles. The number of hydrogen-bond donors (Lipinski definition) is 3. The van der Waals surface area contributed by atoms with Gasteiger partial charge in [0.05, 0.1) is 19.1 Å². The number of furan rings is 1. The van der Waals surface area contributed by atoms with Crippen molar-refractivity contribution in [3.8, 4) is 0 Å². The van der Waals surface area contributed by atoms with E-state index in [0.29, 0.717) is 5.58 Å². The van der Waals surface area contributed by atoms with Crippen LogP contribution in [0.4, 0.5) is 13.2 Å². The average molecular weight is 429 g/mol. The molecule has 0 fully saturated rings. The molecule has 0 saturated carbocycles. The van der Waals surface area contributed by atoms with Gasteiger partial charge in [-0.25, -0.2) is 5.06 Å². The second-order valence-electron chi connectivity index (χ2n) is 6.66. The summed E-state index contributed by atoms with van der Waals surface area (Å²) in [5.74, 6) is -2.06. The normalized spacial score (nSPS) is 12.4. The van der Waals surface area contributed by atoms with E-state index in [1.165, 1.54) is 0 Å². The fraction of sp³-hybridized carbons (Fsp3) is 0.421. The quantitative estimate of drug-likeness (QED) is 0.167. The molecule has 2 rings (SSSR count). The van der Waals surface area contributed by atoms with Gasteiger partial charge in [0.25, 0.3) is 5.91 Å². The van der Waals surface area contributed by atoms with Crippen LogP contribution in [0, 0.1) is 5.92 Å². The van der Waals surface area contributed by atoms with E-state index in [4.69, 9.17) is 4.42 Å². The van der Waals surface area contributed by atoms with Gasteiger partial charge in [0.2, 0.25) is 12.3 Å². The fourth-order valence-electron chi connectivity index (χ4n) is 2.83. The van der Waals surface area contributed by atoms with Gasteiger partial charge in [-0.15, -0.1) is 0 Å². The highest BCUT2D eigenvalue weighted by molar-refractivity contribution is 5.96. The summed E-state index contributed by atoms with van der Waals surface area (Å²) in [6.45, 7) is -0.640. The van der Waals surface area contributed by atoms with Gasteiger partial charge >= 0.3 is 6.18 Å². The lowest BCUT2D eigenvalue weighted by Gasteiger charge is -2.19. The molecule has 0 unspecified atom stereocenters. The van der Waals surface area contributed by atoms with Gasteiger partial charge in [0.1, 0.15) is 5.58 Å². The summed E-state index contributed by atoms with van der Waals surface area (Å²) in [6.07, 6.45) is -5.24. The Labute approximate surface area is 170 Å². The molecule has 30 heavy (non-hydrogen) atoms. The first kappa shape index (κ1) is 23.2. The van der Waals surface area contributed by atoms with Crippen LogP contribution in [-0.2, 0) is 9.59 Å². The summed E-state index contributed by atoms with van der Waals surface area (Å²) in [6, 6.07) is 8.56. The molecule has 0 radical (unpaired) electrons. The Bertz CT molecular complexity index is 835. The van der Waals surface area contributed by atoms with E-state index >= 15 is 0 Å². The van der Waals surface area contributed by atoms with E-state index in [0.717, 1.165) is 5.39 Å². The van der Waals surface area contributed by atoms with E-state index in [1.54, 1.807) is 30.3 Å². The molecule has 11 heteroatoms. The number of hydrogen-bond acceptors (Lipinski definition) is 5. The Morgan fingerprint density at radius 2 is 1.93 bits per heavy atom. The second-order valence-corrected chi connectivity index (χ2v) is 6.66. The first-order chi connectivity index (χ1) is 14.2. The summed E-state index contributed by atoms with van der Waals surface area (Å²) < 4.78 is 42.1. The number of rotatable bonds is 11. The Hall–Kier alpha value is -3.08. The smallest absolute Gasteiger partial charge is 0.389 e. The van der Waals surface area contributed by atoms with E-state index in [-0.39, 0.29) is 49.7 Å². The molecule has 3 N–H and O–H groups in total. The van der Waals surface area contributed by atoms with Crippen LogP contribution in [0.15, 0.2) is 34.7 Å². The standard InChI is InChI=1S/C19H22F3N3O5/c20-19(21,22)8-4-3-6-14(10-25(29)12-26)17(27)23-11-24-18(28)16-9-13-5-1-2-7-15(13)30-16/h1-2,5,7,9,12,14,29H,3-4,6,8,10-11H2,(H,23,27)(H,24,28)/t14-/m1/s1. The second kappa shape index (κ2) is 10.6. The zero-order valence-corrected chi connectivity index (χ0v) is 15.9. The number of para-hydroxylation sites is 1. The van der Waals surface area contributed by atoms with Crippen molar-refractivity contribution in [2.24, 2.45) is 5.92 Å². The molecule has 3 amide bonds. The van der Waals surface area contributed by atoms with E-state index in [9.17, 15) is 32.8 Å². The molecule has 0 aliphatic heterocycles. The Kier molecular flexibility index (Phi) is 8.22. The average Bonchev–Trinajstić information content (AvgIpc) is 3.13. The Balaban J connectivity index is 1.84. The summed E-state index contributed by atoms with van der Waals surface area (Å²) >= 11 is 0. The van der Waals surface area contributed by atoms with E-state index in [2.05, 4.69) is 10.6 Å². The number of fused-ring (bicyclic) bond motifs is 1. The third kappa shape index (κ3) is 7.39. The molecular formula is C19H22F3N3O5. The van der Waals surface area contributed by atoms with E-state index in [1.807, 2.05) is 0 Å². The van der Waals surface area contributed by atoms with Gasteiger partial charge in [0, 0.05) is 11.8 Å². The Morgan fingerprint density at radius 1 is 1.20 bits per heavy atom. The molecule has 0 aliphatic carbocycles. The number of carbonyl (C=O) groups is 3. The lowest BCUT2D eigenvalue weighted by Crippen LogP contribution is -2.43. The molecular weight excluding hydrogens is 407 g/mol. The van der Waals surface area contributed by atoms with Crippen LogP contribution in [0.1, 0.15) is 36.2 Å². The SMILES string of the molecule is O=CN(O)C[C@@H](CCCCC(F)(F)F)C(=O)NCNC(=O)c1cc2ccccc2o1. The molecule has 1 atom stereocenters. The van der Waals surface area contributed by atoms with Crippen molar-refractivity contribution < 1.29 is 37.2 Å². The van der Waals surface area contributed by atoms with Crippen molar-refractivity contribution in [1.29, 1.82) is 0 Å². The molecule has 0 saturated heterocycles. The first-order valence-corrected chi connectivity index (χ1v) is 9.21. The van der Waals surface area contributed by atoms with Gasteiger partial charge < -0.3 is 15.1 Å². The number of unbranched alkanes of at least 4 members (excludes halogenated alkanes) is 1. The van der Waals surface area contributed by atoms with Crippen molar-refractivity contribution in [3.63, 3.8) is 0 Å². The molecule has 2 aromatic rings. The lowest BCUT2D eigenvalue weighted by atomic mass is 10.00. The number of carbonyl (C=O) groups excluding carboxylic acids is 3. The maximum absolute atomic E-state index is 12.3. The topological polar surface area (TPSA) is 112 Å². The third-order valence-corrected chi connectivity index (χ3v) is 4.32. The van der Waals surface area contributed by atoms with Crippen LogP contribution in [0.5, 0.6) is 0 Å². The van der Waals surface area contributed by atoms with Crippen molar-refractivity contribution in [2.75, 3.05) is 13.2 Å². The predicted molar refractivity (Wildman–Crippen MR) is 99.3 cm³/mol. The minimum atomic E-state index is -4.29. The molecule has 164 valence electrons. The fourth-order valence-corrected chi connectivity index (χ4v) is 2.83. The van der Waals surface area contributed by atoms with Gasteiger partial charge in [-0.05, 0) is 25.0 Å². The molecule has 8 nitrogen and oxygen atoms in total. The summed E-state index contributed by atoms with van der Waals surface area (Å²) in [4.78, 5) is 35.0. The molecule has 1 aromatic carbocycles. The highest BCUT2D eigenvalue weighted by atomic mass is 19.4. The number of hydroxylamine groups is 2. The van der Waals surface area contributed by atoms with Gasteiger partial charge in [0.15, 0.2) is 5.76 Å². The van der Waals surface area contributed by atoms with Gasteiger partial charge in [-0.2, -0.15) is 13.2 Å². The summed E-state index contributed by atoms with van der Waals surface area (Å²) in [7, 11) is 0. The first-order valence-electron chi connectivity index (χ1n) is 9.21. The van der Waals surface area contributed by atoms with Crippen LogP contribution in [-0.4, -0.2) is 47.9 Å². The van der Waals surface area contributed by atoms with Crippen LogP contribution in [0.2, 0.25) is 0 Å². The van der Waals surface area contributed by atoms with Crippen molar-refractivity contribution >= 4 is 29.2 Å². The van der Waals surface area contributed by atoms with Crippen molar-refractivity contribution in [1.82, 2.24) is 15.7 Å². The molecule has 1 heterocycles. The zero-order valence-electron chi connectivity index (χ0n) is 15.9. The highest BCUT2D eigenvalue weighted by Gasteiger charge is 2.27. The third-order valence-electron chi connectivity index (χ3n) is 4.32. The number of nitrogens with one attached hydrogen (secondary N) is 2. The predicted octanol–water partition coefficient (Wildman–Crippen LogP) is 2.82. The van der Waals surface area contributed by atoms with Crippen LogP contribution >= 0.6 is 0 Å². The number of benzene rings is 1. The van der Waals surface area contributed by atoms with Crippen molar-refractivity contribution in [2.45, 2.75) is 31.9 Å². The monoisotopic (exact) mass is 429 g/mol. The van der Waals surface area contributed by atoms with E-state index < -0.39 is 30.3 Å². The van der Waals surface area contributed by atoms with Gasteiger partial charge in [-0.3, -0.25) is 19.6 Å². The van der Waals surface area contributed by atoms with Crippen LogP contribution < -0.4 is 10.6 Å². The maximum atomic E-state index is 12.3. The number of alkyl halides is 3. The minimum Gasteiger partial charge on any atom is -0.451 e. The highest BCUT2D eigenvalue weighted by Crippen LogP contribution is 2.23.